The lowest BCUT2D eigenvalue weighted by Gasteiger charge is -2.28. The first-order chi connectivity index (χ1) is 11.9. The number of rotatable bonds is 8. The van der Waals surface area contributed by atoms with Crippen molar-refractivity contribution in [3.8, 4) is 0 Å². The second kappa shape index (κ2) is 8.78. The molecule has 6 nitrogen and oxygen atoms in total. The molecule has 1 aromatic rings. The maximum atomic E-state index is 12.6. The predicted octanol–water partition coefficient (Wildman–Crippen LogP) is 1.37. The molecular formula is C19H26N2O4. The molecule has 1 aromatic carbocycles. The standard InChI is InChI=1S/C19H26N2O4/c1-12-9-15(20-11-12)17(25-3)13(2)18(22)21-16(19(23)24)10-14-7-5-4-6-8-14/h4-8,13,15-17,20H,1,9-11H2,2-3H3,(H,21,22)(H,23,24)/t13?,15-,16?,17?/m0/s1. The number of carbonyl (C=O) groups excluding carboxylic acids is 1. The molecule has 0 bridgehead atoms. The van der Waals surface area contributed by atoms with Gasteiger partial charge in [-0.1, -0.05) is 49.4 Å². The van der Waals surface area contributed by atoms with Crippen molar-refractivity contribution >= 4 is 11.9 Å². The first-order valence-corrected chi connectivity index (χ1v) is 8.42. The zero-order valence-corrected chi connectivity index (χ0v) is 14.7. The van der Waals surface area contributed by atoms with Crippen LogP contribution in [0.4, 0.5) is 0 Å². The maximum Gasteiger partial charge on any atom is 0.326 e. The third kappa shape index (κ3) is 5.14. The number of benzene rings is 1. The monoisotopic (exact) mass is 346 g/mol. The number of ether oxygens (including phenoxy) is 1. The smallest absolute Gasteiger partial charge is 0.326 e. The van der Waals surface area contributed by atoms with E-state index < -0.39 is 17.9 Å². The van der Waals surface area contributed by atoms with Crippen LogP contribution in [0.3, 0.4) is 0 Å². The largest absolute Gasteiger partial charge is 0.480 e. The van der Waals surface area contributed by atoms with Gasteiger partial charge in [0.2, 0.25) is 5.91 Å². The topological polar surface area (TPSA) is 87.7 Å². The molecule has 0 radical (unpaired) electrons. The van der Waals surface area contributed by atoms with Gasteiger partial charge in [-0.2, -0.15) is 0 Å². The van der Waals surface area contributed by atoms with E-state index in [1.165, 1.54) is 0 Å². The number of carboxylic acids is 1. The second-order valence-electron chi connectivity index (χ2n) is 6.52. The van der Waals surface area contributed by atoms with Crippen LogP contribution in [0.25, 0.3) is 0 Å². The summed E-state index contributed by atoms with van der Waals surface area (Å²) in [4.78, 5) is 24.1. The molecule has 1 amide bonds. The number of carboxylic acid groups (broad SMARTS) is 1. The zero-order valence-electron chi connectivity index (χ0n) is 14.7. The van der Waals surface area contributed by atoms with E-state index in [4.69, 9.17) is 4.74 Å². The van der Waals surface area contributed by atoms with Crippen molar-refractivity contribution in [3.63, 3.8) is 0 Å². The highest BCUT2D eigenvalue weighted by molar-refractivity contribution is 5.85. The molecule has 1 fully saturated rings. The summed E-state index contributed by atoms with van der Waals surface area (Å²) < 4.78 is 5.51. The van der Waals surface area contributed by atoms with Crippen molar-refractivity contribution in [2.24, 2.45) is 5.92 Å². The average molecular weight is 346 g/mol. The Labute approximate surface area is 148 Å². The molecule has 0 aliphatic carbocycles. The highest BCUT2D eigenvalue weighted by Crippen LogP contribution is 2.21. The van der Waals surface area contributed by atoms with Crippen LogP contribution in [-0.4, -0.2) is 48.8 Å². The van der Waals surface area contributed by atoms with E-state index in [0.29, 0.717) is 6.54 Å². The van der Waals surface area contributed by atoms with Crippen molar-refractivity contribution in [2.75, 3.05) is 13.7 Å². The molecule has 1 aliphatic heterocycles. The van der Waals surface area contributed by atoms with E-state index >= 15 is 0 Å². The lowest BCUT2D eigenvalue weighted by atomic mass is 9.94. The Morgan fingerprint density at radius 1 is 1.40 bits per heavy atom. The van der Waals surface area contributed by atoms with Crippen molar-refractivity contribution in [1.29, 1.82) is 0 Å². The minimum absolute atomic E-state index is 0.00986. The zero-order chi connectivity index (χ0) is 18.4. The number of hydrogen-bond donors (Lipinski definition) is 3. The summed E-state index contributed by atoms with van der Waals surface area (Å²) in [5.74, 6) is -1.86. The molecule has 1 heterocycles. The summed E-state index contributed by atoms with van der Waals surface area (Å²) in [7, 11) is 1.57. The van der Waals surface area contributed by atoms with Gasteiger partial charge < -0.3 is 20.5 Å². The van der Waals surface area contributed by atoms with E-state index in [2.05, 4.69) is 17.2 Å². The van der Waals surface area contributed by atoms with Gasteiger partial charge in [-0.3, -0.25) is 4.79 Å². The molecule has 0 spiro atoms. The summed E-state index contributed by atoms with van der Waals surface area (Å²) in [6.45, 7) is 6.42. The van der Waals surface area contributed by atoms with E-state index in [0.717, 1.165) is 17.6 Å². The van der Waals surface area contributed by atoms with Gasteiger partial charge in [-0.25, -0.2) is 4.79 Å². The molecule has 1 saturated heterocycles. The SMILES string of the molecule is C=C1CN[C@H](C(OC)C(C)C(=O)NC(Cc2ccccc2)C(=O)O)C1. The van der Waals surface area contributed by atoms with Gasteiger partial charge in [0, 0.05) is 26.1 Å². The Balaban J connectivity index is 2.01. The first kappa shape index (κ1) is 19.1. The van der Waals surface area contributed by atoms with Crippen molar-refractivity contribution in [1.82, 2.24) is 10.6 Å². The number of aliphatic carboxylic acids is 1. The van der Waals surface area contributed by atoms with Crippen LogP contribution in [-0.2, 0) is 20.7 Å². The van der Waals surface area contributed by atoms with Crippen LogP contribution in [0.2, 0.25) is 0 Å². The van der Waals surface area contributed by atoms with Gasteiger partial charge in [0.1, 0.15) is 6.04 Å². The fourth-order valence-corrected chi connectivity index (χ4v) is 3.18. The minimum Gasteiger partial charge on any atom is -0.480 e. The lowest BCUT2D eigenvalue weighted by Crippen LogP contribution is -2.50. The molecule has 25 heavy (non-hydrogen) atoms. The maximum absolute atomic E-state index is 12.6. The molecule has 1 aliphatic rings. The van der Waals surface area contributed by atoms with Crippen molar-refractivity contribution in [2.45, 2.75) is 38.0 Å². The second-order valence-corrected chi connectivity index (χ2v) is 6.52. The molecule has 3 N–H and O–H groups in total. The van der Waals surface area contributed by atoms with Gasteiger partial charge in [-0.05, 0) is 12.0 Å². The molecule has 4 atom stereocenters. The quantitative estimate of drug-likeness (QED) is 0.619. The minimum atomic E-state index is -1.05. The molecule has 2 rings (SSSR count). The van der Waals surface area contributed by atoms with Crippen LogP contribution in [0.15, 0.2) is 42.5 Å². The van der Waals surface area contributed by atoms with Crippen molar-refractivity contribution in [3.05, 3.63) is 48.0 Å². The van der Waals surface area contributed by atoms with E-state index in [1.54, 1.807) is 14.0 Å². The summed E-state index contributed by atoms with van der Waals surface area (Å²) >= 11 is 0. The fourth-order valence-electron chi connectivity index (χ4n) is 3.18. The van der Waals surface area contributed by atoms with Crippen LogP contribution in [0.5, 0.6) is 0 Å². The molecular weight excluding hydrogens is 320 g/mol. The number of hydrogen-bond acceptors (Lipinski definition) is 4. The number of methoxy groups -OCH3 is 1. The van der Waals surface area contributed by atoms with Gasteiger partial charge in [0.15, 0.2) is 0 Å². The summed E-state index contributed by atoms with van der Waals surface area (Å²) in [5, 5.41) is 15.4. The highest BCUT2D eigenvalue weighted by Gasteiger charge is 2.35. The Morgan fingerprint density at radius 3 is 2.60 bits per heavy atom. The van der Waals surface area contributed by atoms with Gasteiger partial charge >= 0.3 is 5.97 Å². The molecule has 3 unspecified atom stereocenters. The highest BCUT2D eigenvalue weighted by atomic mass is 16.5. The van der Waals surface area contributed by atoms with E-state index in [1.807, 2.05) is 30.3 Å². The summed E-state index contributed by atoms with van der Waals surface area (Å²) in [6, 6.07) is 8.29. The van der Waals surface area contributed by atoms with Gasteiger partial charge in [0.25, 0.3) is 0 Å². The number of nitrogens with one attached hydrogen (secondary N) is 2. The molecule has 136 valence electrons. The number of amides is 1. The van der Waals surface area contributed by atoms with E-state index in [-0.39, 0.29) is 24.5 Å². The molecule has 0 aromatic heterocycles. The van der Waals surface area contributed by atoms with Crippen LogP contribution < -0.4 is 10.6 Å². The normalized spacial score (nSPS) is 20.7. The Morgan fingerprint density at radius 2 is 2.08 bits per heavy atom. The Bertz CT molecular complexity index is 617. The van der Waals surface area contributed by atoms with E-state index in [9.17, 15) is 14.7 Å². The fraction of sp³-hybridized carbons (Fsp3) is 0.474. The molecule has 6 heteroatoms. The van der Waals surface area contributed by atoms with Gasteiger partial charge in [0.05, 0.1) is 12.0 Å². The average Bonchev–Trinajstić information content (AvgIpc) is 3.01. The summed E-state index contributed by atoms with van der Waals surface area (Å²) in [5.41, 5.74) is 1.94. The third-order valence-electron chi connectivity index (χ3n) is 4.60. The first-order valence-electron chi connectivity index (χ1n) is 8.42. The summed E-state index contributed by atoms with van der Waals surface area (Å²) in [6.07, 6.45) is 0.651. The van der Waals surface area contributed by atoms with Crippen LogP contribution >= 0.6 is 0 Å². The lowest BCUT2D eigenvalue weighted by molar-refractivity contribution is -0.143. The Hall–Kier alpha value is -2.18. The van der Waals surface area contributed by atoms with Crippen molar-refractivity contribution < 1.29 is 19.4 Å². The van der Waals surface area contributed by atoms with Crippen LogP contribution in [0.1, 0.15) is 18.9 Å². The van der Waals surface area contributed by atoms with Gasteiger partial charge in [-0.15, -0.1) is 0 Å². The predicted molar refractivity (Wildman–Crippen MR) is 95.2 cm³/mol. The molecule has 0 saturated carbocycles. The Kier molecular flexibility index (Phi) is 6.73. The third-order valence-corrected chi connectivity index (χ3v) is 4.60. The van der Waals surface area contributed by atoms with Crippen LogP contribution in [0, 0.1) is 5.92 Å². The number of carbonyl (C=O) groups is 2.